The van der Waals surface area contributed by atoms with Gasteiger partial charge in [0.25, 0.3) is 0 Å². The molecule has 0 amide bonds. The van der Waals surface area contributed by atoms with E-state index in [0.717, 1.165) is 0 Å². The first-order chi connectivity index (χ1) is 21.6. The van der Waals surface area contributed by atoms with Crippen molar-refractivity contribution in [3.63, 3.8) is 0 Å². The maximum absolute atomic E-state index is 6.44. The van der Waals surface area contributed by atoms with Crippen molar-refractivity contribution in [1.29, 1.82) is 0 Å². The summed E-state index contributed by atoms with van der Waals surface area (Å²) in [7, 11) is 0. The topological polar surface area (TPSA) is 73.8 Å². The third kappa shape index (κ3) is 7.06. The van der Waals surface area contributed by atoms with Crippen LogP contribution in [0.1, 0.15) is 55.4 Å². The van der Waals surface area contributed by atoms with Gasteiger partial charge in [0, 0.05) is 0 Å². The van der Waals surface area contributed by atoms with Crippen LogP contribution in [0.25, 0.3) is 0 Å². The Labute approximate surface area is 305 Å². The predicted molar refractivity (Wildman–Crippen MR) is 197 cm³/mol. The van der Waals surface area contributed by atoms with Crippen LogP contribution in [-0.2, 0) is 37.9 Å². The summed E-state index contributed by atoms with van der Waals surface area (Å²) in [5.41, 5.74) is 0. The Morgan fingerprint density at radius 2 is 0.587 bits per heavy atom. The molecule has 8 heterocycles. The smallest absolute Gasteiger partial charge is 0.163 e. The van der Waals surface area contributed by atoms with Gasteiger partial charge in [0.2, 0.25) is 0 Å². The lowest BCUT2D eigenvalue weighted by Gasteiger charge is -2.36. The molecule has 8 aliphatic rings. The van der Waals surface area contributed by atoms with Crippen molar-refractivity contribution in [2.75, 3.05) is 26.4 Å². The molecule has 16 heteroatoms. The maximum atomic E-state index is 6.44. The van der Waals surface area contributed by atoms with E-state index in [1.807, 2.05) is 149 Å². The fourth-order valence-corrected chi connectivity index (χ4v) is 20.4. The van der Waals surface area contributed by atoms with Crippen LogP contribution in [0, 0.1) is 0 Å². The van der Waals surface area contributed by atoms with Crippen LogP contribution in [0.5, 0.6) is 0 Å². The molecule has 0 spiro atoms. The van der Waals surface area contributed by atoms with E-state index in [4.69, 9.17) is 37.9 Å². The van der Waals surface area contributed by atoms with E-state index in [2.05, 4.69) is 0 Å². The molecule has 256 valence electrons. The Morgan fingerprint density at radius 1 is 0.370 bits per heavy atom. The van der Waals surface area contributed by atoms with Gasteiger partial charge in [0.15, 0.2) is 23.1 Å². The summed E-state index contributed by atoms with van der Waals surface area (Å²) in [4.78, 5) is 0. The number of hydrogen-bond acceptors (Lipinski definition) is 16. The van der Waals surface area contributed by atoms with Crippen LogP contribution in [0.4, 0.5) is 0 Å². The molecule has 46 heavy (non-hydrogen) atoms. The van der Waals surface area contributed by atoms with Gasteiger partial charge >= 0.3 is 0 Å². The fourth-order valence-electron chi connectivity index (χ4n) is 6.42. The van der Waals surface area contributed by atoms with Crippen molar-refractivity contribution in [3.05, 3.63) is 25.4 Å². The van der Waals surface area contributed by atoms with Gasteiger partial charge in [0.05, 0.1) is 97.3 Å². The molecule has 0 aromatic carbocycles. The fraction of sp³-hybridized carbons (Fsp3) is 0.800. The Bertz CT molecular complexity index is 1170. The van der Waals surface area contributed by atoms with Crippen molar-refractivity contribution in [2.45, 2.75) is 124 Å². The molecule has 0 aliphatic carbocycles. The van der Waals surface area contributed by atoms with Gasteiger partial charge in [0.1, 0.15) is 0 Å². The summed E-state index contributed by atoms with van der Waals surface area (Å²) in [6.45, 7) is 18.4. The molecular weight excluding hydrogens is 745 g/mol. The maximum Gasteiger partial charge on any atom is 0.163 e. The predicted octanol–water partition coefficient (Wildman–Crippen LogP) is 8.37. The normalized spacial score (nSPS) is 42.8. The summed E-state index contributed by atoms with van der Waals surface area (Å²) in [6, 6.07) is 0. The van der Waals surface area contributed by atoms with Crippen LogP contribution in [0.15, 0.2) is 25.4 Å². The summed E-state index contributed by atoms with van der Waals surface area (Å²) in [5, 5.41) is 0.793. The van der Waals surface area contributed by atoms with Crippen molar-refractivity contribution in [3.8, 4) is 0 Å². The monoisotopic (exact) mass is 784 g/mol. The highest BCUT2D eigenvalue weighted by atomic mass is 32.3. The molecule has 0 unspecified atom stereocenters. The van der Waals surface area contributed by atoms with Gasteiger partial charge in [-0.25, -0.2) is 0 Å². The molecule has 8 nitrogen and oxygen atoms in total. The quantitative estimate of drug-likeness (QED) is 0.274. The van der Waals surface area contributed by atoms with Gasteiger partial charge < -0.3 is 37.9 Å². The minimum atomic E-state index is -0.574. The molecular formula is C30H40O8S8. The molecule has 0 radical (unpaired) electrons. The molecule has 0 N–H and O–H groups in total. The molecule has 0 aromatic rings. The van der Waals surface area contributed by atoms with E-state index in [1.54, 1.807) is 0 Å². The first-order valence-electron chi connectivity index (χ1n) is 15.5. The molecule has 4 fully saturated rings. The van der Waals surface area contributed by atoms with E-state index >= 15 is 0 Å². The van der Waals surface area contributed by atoms with Crippen LogP contribution in [0.3, 0.4) is 0 Å². The second kappa shape index (κ2) is 12.7. The van der Waals surface area contributed by atoms with Crippen molar-refractivity contribution in [2.24, 2.45) is 0 Å². The zero-order valence-electron chi connectivity index (χ0n) is 27.0. The summed E-state index contributed by atoms with van der Waals surface area (Å²) < 4.78 is 58.1. The zero-order chi connectivity index (χ0) is 32.2. The molecule has 8 rings (SSSR count). The highest BCUT2D eigenvalue weighted by Gasteiger charge is 2.53. The second-order valence-corrected chi connectivity index (χ2v) is 24.3. The van der Waals surface area contributed by atoms with Gasteiger partial charge in [-0.2, -0.15) is 0 Å². The first kappa shape index (κ1) is 34.8. The van der Waals surface area contributed by atoms with Crippen molar-refractivity contribution >= 4 is 94.1 Å². The number of ether oxygens (including phenoxy) is 8. The molecule has 0 aromatic heterocycles. The average Bonchev–Trinajstić information content (AvgIpc) is 3.80. The van der Waals surface area contributed by atoms with E-state index in [0.29, 0.717) is 26.4 Å². The molecule has 8 aliphatic heterocycles. The van der Waals surface area contributed by atoms with Crippen LogP contribution in [0.2, 0.25) is 0 Å². The third-order valence-corrected chi connectivity index (χ3v) is 21.8. The van der Waals surface area contributed by atoms with Crippen LogP contribution >= 0.6 is 94.1 Å². The summed E-state index contributed by atoms with van der Waals surface area (Å²) >= 11 is 15.4. The lowest BCUT2D eigenvalue weighted by molar-refractivity contribution is -0.144. The van der Waals surface area contributed by atoms with Gasteiger partial charge in [-0.1, -0.05) is 47.0 Å². The number of hydrogen-bond donors (Lipinski definition) is 0. The van der Waals surface area contributed by atoms with Crippen LogP contribution < -0.4 is 0 Å². The standard InChI is InChI=1S/C30H40O8S8/c1-27(2)31-9-13(35-27)17-18(14-10-32-28(3,4)36-14)40-22-21(39-17)43-25(44-22)26-45-23-24(46-26)42-20(16-12-34-30(7,8)38-16)19(41-23)15-11-33-29(5,6)37-15/h13-20H,9-12H2,1-8H3/t13-,14-,15-,16-,17-,18-,19-,20-/m1/s1. The highest BCUT2D eigenvalue weighted by molar-refractivity contribution is 8.45. The van der Waals surface area contributed by atoms with Gasteiger partial charge in [-0.15, -0.1) is 47.0 Å². The molecule has 8 atom stereocenters. The second-order valence-electron chi connectivity index (χ2n) is 13.9. The lowest BCUT2D eigenvalue weighted by atomic mass is 10.1. The molecule has 0 saturated carbocycles. The number of rotatable bonds is 4. The van der Waals surface area contributed by atoms with E-state index in [1.165, 1.54) is 25.4 Å². The van der Waals surface area contributed by atoms with E-state index < -0.39 is 23.1 Å². The highest BCUT2D eigenvalue weighted by Crippen LogP contribution is 2.71. The summed E-state index contributed by atoms with van der Waals surface area (Å²) in [5.74, 6) is -2.29. The van der Waals surface area contributed by atoms with E-state index in [-0.39, 0.29) is 45.4 Å². The lowest BCUT2D eigenvalue weighted by Crippen LogP contribution is -2.44. The van der Waals surface area contributed by atoms with Gasteiger partial charge in [-0.05, 0) is 55.4 Å². The Hall–Kier alpha value is 1.70. The minimum Gasteiger partial charge on any atom is -0.348 e. The van der Waals surface area contributed by atoms with Gasteiger partial charge in [-0.3, -0.25) is 0 Å². The van der Waals surface area contributed by atoms with Crippen LogP contribution in [-0.4, -0.2) is 95.0 Å². The average molecular weight is 785 g/mol. The summed E-state index contributed by atoms with van der Waals surface area (Å²) in [6.07, 6.45) is -0.0349. The van der Waals surface area contributed by atoms with Crippen molar-refractivity contribution in [1.82, 2.24) is 0 Å². The number of thioether (sulfide) groups is 8. The van der Waals surface area contributed by atoms with Crippen molar-refractivity contribution < 1.29 is 37.9 Å². The Kier molecular flexibility index (Phi) is 9.58. The largest absolute Gasteiger partial charge is 0.348 e. The SMILES string of the molecule is CC1(C)OC[C@H]([C@H]2SC3=C(SC(=C4SC5=C(S4)S[C@H]([C@H]4COC(C)(C)O4)[C@@H]([C@H]4COC(C)(C)O4)S5)S3)S[C@@H]2[C@H]2COC(C)(C)O2)O1. The molecule has 0 bridgehead atoms. The first-order valence-corrected chi connectivity index (χ1v) is 22.3. The Balaban J connectivity index is 1.00. The third-order valence-electron chi connectivity index (χ3n) is 8.45. The molecule has 4 saturated heterocycles. The minimum absolute atomic E-state index is 0.00873. The van der Waals surface area contributed by atoms with E-state index in [9.17, 15) is 0 Å². The Morgan fingerprint density at radius 3 is 0.761 bits per heavy atom. The zero-order valence-corrected chi connectivity index (χ0v) is 33.5.